The Balaban J connectivity index is 1.67. The zero-order valence-corrected chi connectivity index (χ0v) is 14.5. The molecule has 1 aliphatic rings. The molecule has 130 valence electrons. The molecule has 1 fully saturated rings. The monoisotopic (exact) mass is 338 g/mol. The molecule has 0 aliphatic carbocycles. The molecule has 1 saturated heterocycles. The first-order valence-corrected chi connectivity index (χ1v) is 8.47. The van der Waals surface area contributed by atoms with Gasteiger partial charge < -0.3 is 9.64 Å². The number of anilines is 1. The molecule has 25 heavy (non-hydrogen) atoms. The fraction of sp³-hybridized carbons (Fsp3) is 0.300. The Morgan fingerprint density at radius 1 is 1.00 bits per heavy atom. The number of rotatable bonds is 3. The summed E-state index contributed by atoms with van der Waals surface area (Å²) in [5.74, 6) is 0.701. The van der Waals surface area contributed by atoms with Gasteiger partial charge in [0.05, 0.1) is 0 Å². The van der Waals surface area contributed by atoms with Crippen molar-refractivity contribution in [2.75, 3.05) is 24.5 Å². The topological polar surface area (TPSA) is 49.9 Å². The molecule has 0 bridgehead atoms. The van der Waals surface area contributed by atoms with Gasteiger partial charge in [0.2, 0.25) is 5.91 Å². The minimum Gasteiger partial charge on any atom is -0.410 e. The molecule has 0 aromatic heterocycles. The zero-order chi connectivity index (χ0) is 17.8. The molecule has 0 unspecified atom stereocenters. The van der Waals surface area contributed by atoms with Crippen LogP contribution in [0.25, 0.3) is 0 Å². The van der Waals surface area contributed by atoms with Gasteiger partial charge >= 0.3 is 6.09 Å². The van der Waals surface area contributed by atoms with Crippen LogP contribution in [0.2, 0.25) is 0 Å². The fourth-order valence-electron chi connectivity index (χ4n) is 2.92. The molecule has 0 saturated carbocycles. The Hall–Kier alpha value is -2.82. The minimum absolute atomic E-state index is 0.0254. The molecule has 1 heterocycles. The molecule has 2 amide bonds. The molecule has 2 aromatic carbocycles. The summed E-state index contributed by atoms with van der Waals surface area (Å²) in [7, 11) is 0. The van der Waals surface area contributed by atoms with Crippen molar-refractivity contribution in [2.45, 2.75) is 19.8 Å². The molecule has 1 aliphatic heterocycles. The van der Waals surface area contributed by atoms with E-state index in [1.807, 2.05) is 48.5 Å². The van der Waals surface area contributed by atoms with Crippen LogP contribution in [0.5, 0.6) is 5.75 Å². The van der Waals surface area contributed by atoms with Crippen LogP contribution in [0.4, 0.5) is 10.5 Å². The van der Waals surface area contributed by atoms with E-state index in [1.54, 1.807) is 11.0 Å². The predicted octanol–water partition coefficient (Wildman–Crippen LogP) is 3.66. The number of carbonyl (C=O) groups excluding carboxylic acids is 2. The molecule has 0 N–H and O–H groups in total. The second-order valence-electron chi connectivity index (χ2n) is 6.36. The van der Waals surface area contributed by atoms with Gasteiger partial charge in [-0.3, -0.25) is 9.69 Å². The summed E-state index contributed by atoms with van der Waals surface area (Å²) in [6.45, 7) is 5.04. The number of amides is 2. The van der Waals surface area contributed by atoms with Crippen LogP contribution in [-0.2, 0) is 4.79 Å². The highest BCUT2D eigenvalue weighted by Crippen LogP contribution is 2.26. The van der Waals surface area contributed by atoms with E-state index in [2.05, 4.69) is 13.8 Å². The largest absolute Gasteiger partial charge is 0.415 e. The maximum Gasteiger partial charge on any atom is 0.415 e. The lowest BCUT2D eigenvalue weighted by Gasteiger charge is -2.33. The zero-order valence-electron chi connectivity index (χ0n) is 14.5. The van der Waals surface area contributed by atoms with Gasteiger partial charge in [0.1, 0.15) is 12.3 Å². The molecule has 5 nitrogen and oxygen atoms in total. The van der Waals surface area contributed by atoms with Gasteiger partial charge in [-0.05, 0) is 29.7 Å². The average Bonchev–Trinajstić information content (AvgIpc) is 2.62. The van der Waals surface area contributed by atoms with Gasteiger partial charge in [0, 0.05) is 18.8 Å². The summed E-state index contributed by atoms with van der Waals surface area (Å²) in [5, 5.41) is 0. The van der Waals surface area contributed by atoms with E-state index in [4.69, 9.17) is 4.74 Å². The highest BCUT2D eigenvalue weighted by atomic mass is 16.6. The van der Waals surface area contributed by atoms with Crippen LogP contribution in [0.3, 0.4) is 0 Å². The maximum absolute atomic E-state index is 12.5. The molecular weight excluding hydrogens is 316 g/mol. The second kappa shape index (κ2) is 7.38. The first-order chi connectivity index (χ1) is 12.1. The summed E-state index contributed by atoms with van der Waals surface area (Å²) < 4.78 is 5.55. The Bertz CT molecular complexity index is 759. The minimum atomic E-state index is -0.478. The van der Waals surface area contributed by atoms with Gasteiger partial charge in [0.15, 0.2) is 0 Å². The first-order valence-electron chi connectivity index (χ1n) is 8.47. The number of ether oxygens (including phenoxy) is 1. The summed E-state index contributed by atoms with van der Waals surface area (Å²) in [6.07, 6.45) is -0.478. The third-order valence-electron chi connectivity index (χ3n) is 4.29. The van der Waals surface area contributed by atoms with Crippen molar-refractivity contribution in [3.05, 3.63) is 60.2 Å². The van der Waals surface area contributed by atoms with Crippen molar-refractivity contribution in [1.82, 2.24) is 4.90 Å². The molecule has 2 aromatic rings. The molecule has 5 heteroatoms. The van der Waals surface area contributed by atoms with Crippen molar-refractivity contribution >= 4 is 17.7 Å². The van der Waals surface area contributed by atoms with Crippen LogP contribution in [0, 0.1) is 0 Å². The molecule has 0 radical (unpaired) electrons. The van der Waals surface area contributed by atoms with Gasteiger partial charge in [-0.2, -0.15) is 0 Å². The normalized spacial score (nSPS) is 14.8. The van der Waals surface area contributed by atoms with Crippen LogP contribution in [0.15, 0.2) is 54.6 Å². The summed E-state index contributed by atoms with van der Waals surface area (Å²) in [4.78, 5) is 28.0. The Kier molecular flexibility index (Phi) is 5.03. The highest BCUT2D eigenvalue weighted by molar-refractivity contribution is 5.97. The maximum atomic E-state index is 12.5. The van der Waals surface area contributed by atoms with Crippen LogP contribution < -0.4 is 9.64 Å². The van der Waals surface area contributed by atoms with Crippen molar-refractivity contribution in [3.63, 3.8) is 0 Å². The van der Waals surface area contributed by atoms with Gasteiger partial charge in [-0.15, -0.1) is 0 Å². The molecule has 3 rings (SSSR count). The van der Waals surface area contributed by atoms with Crippen molar-refractivity contribution in [2.24, 2.45) is 0 Å². The number of piperazine rings is 1. The third-order valence-corrected chi connectivity index (χ3v) is 4.29. The Morgan fingerprint density at radius 3 is 2.36 bits per heavy atom. The van der Waals surface area contributed by atoms with Gasteiger partial charge in [-0.1, -0.05) is 50.2 Å². The van der Waals surface area contributed by atoms with E-state index < -0.39 is 6.09 Å². The quantitative estimate of drug-likeness (QED) is 0.858. The summed E-state index contributed by atoms with van der Waals surface area (Å²) in [5.41, 5.74) is 1.83. The van der Waals surface area contributed by atoms with E-state index in [-0.39, 0.29) is 18.4 Å². The predicted molar refractivity (Wildman–Crippen MR) is 96.9 cm³/mol. The third kappa shape index (κ3) is 3.82. The summed E-state index contributed by atoms with van der Waals surface area (Å²) in [6, 6.07) is 17.0. The van der Waals surface area contributed by atoms with E-state index in [0.717, 1.165) is 11.3 Å². The van der Waals surface area contributed by atoms with Crippen molar-refractivity contribution in [1.29, 1.82) is 0 Å². The van der Waals surface area contributed by atoms with Crippen molar-refractivity contribution in [3.8, 4) is 5.75 Å². The number of benzene rings is 2. The molecule has 0 atom stereocenters. The highest BCUT2D eigenvalue weighted by Gasteiger charge is 2.29. The van der Waals surface area contributed by atoms with Crippen LogP contribution >= 0.6 is 0 Å². The van der Waals surface area contributed by atoms with E-state index >= 15 is 0 Å². The average molecular weight is 338 g/mol. The number of nitrogens with zero attached hydrogens (tertiary/aromatic N) is 2. The van der Waals surface area contributed by atoms with E-state index in [9.17, 15) is 9.59 Å². The molecule has 0 spiro atoms. The number of para-hydroxylation sites is 2. The number of hydrogen-bond donors (Lipinski definition) is 0. The van der Waals surface area contributed by atoms with E-state index in [1.165, 1.54) is 4.90 Å². The number of hydrogen-bond acceptors (Lipinski definition) is 3. The second-order valence-corrected chi connectivity index (χ2v) is 6.36. The van der Waals surface area contributed by atoms with Crippen LogP contribution in [0.1, 0.15) is 25.3 Å². The Labute approximate surface area is 147 Å². The fourth-order valence-corrected chi connectivity index (χ4v) is 2.92. The van der Waals surface area contributed by atoms with Crippen LogP contribution in [-0.4, -0.2) is 36.5 Å². The standard InChI is InChI=1S/C20H22N2O3/c1-15(2)17-10-6-7-11-18(17)25-20(24)21-12-13-22(19(23)14-21)16-8-4-3-5-9-16/h3-11,15H,12-14H2,1-2H3. The smallest absolute Gasteiger partial charge is 0.410 e. The molecular formula is C20H22N2O3. The van der Waals surface area contributed by atoms with Gasteiger partial charge in [-0.25, -0.2) is 4.79 Å². The Morgan fingerprint density at radius 2 is 1.68 bits per heavy atom. The summed E-state index contributed by atoms with van der Waals surface area (Å²) >= 11 is 0. The first kappa shape index (κ1) is 17.0. The van der Waals surface area contributed by atoms with Gasteiger partial charge in [0.25, 0.3) is 0 Å². The lowest BCUT2D eigenvalue weighted by Crippen LogP contribution is -2.53. The SMILES string of the molecule is CC(C)c1ccccc1OC(=O)N1CCN(c2ccccc2)C(=O)C1. The number of carbonyl (C=O) groups is 2. The lowest BCUT2D eigenvalue weighted by molar-refractivity contribution is -0.120. The van der Waals surface area contributed by atoms with Crippen molar-refractivity contribution < 1.29 is 14.3 Å². The lowest BCUT2D eigenvalue weighted by atomic mass is 10.0. The van der Waals surface area contributed by atoms with E-state index in [0.29, 0.717) is 18.8 Å².